The minimum Gasteiger partial charge on any atom is -0.497 e. The van der Waals surface area contributed by atoms with E-state index < -0.39 is 22.5 Å². The van der Waals surface area contributed by atoms with Gasteiger partial charge in [-0.05, 0) is 61.0 Å². The largest absolute Gasteiger partial charge is 0.497 e. The minimum atomic E-state index is -3.98. The summed E-state index contributed by atoms with van der Waals surface area (Å²) < 4.78 is 33.6. The molecule has 3 aromatic carbocycles. The number of rotatable bonds is 8. The quantitative estimate of drug-likeness (QED) is 0.361. The maximum Gasteiger partial charge on any atom is 0.264 e. The van der Waals surface area contributed by atoms with Gasteiger partial charge >= 0.3 is 0 Å². The van der Waals surface area contributed by atoms with Crippen molar-refractivity contribution in [1.29, 1.82) is 0 Å². The average Bonchev–Trinajstić information content (AvgIpc) is 2.78. The van der Waals surface area contributed by atoms with Gasteiger partial charge in [-0.2, -0.15) is 5.10 Å². The summed E-state index contributed by atoms with van der Waals surface area (Å²) in [5.74, 6) is 0.0774. The van der Waals surface area contributed by atoms with Crippen LogP contribution >= 0.6 is 15.9 Å². The first kappa shape index (κ1) is 23.5. The Labute approximate surface area is 195 Å². The number of halogens is 1. The van der Waals surface area contributed by atoms with Crippen LogP contribution in [0.15, 0.2) is 87.3 Å². The molecule has 0 atom stereocenters. The first-order valence-electron chi connectivity index (χ1n) is 9.60. The van der Waals surface area contributed by atoms with Crippen LogP contribution in [0.1, 0.15) is 11.1 Å². The van der Waals surface area contributed by atoms with E-state index in [0.29, 0.717) is 11.4 Å². The molecule has 0 saturated carbocycles. The van der Waals surface area contributed by atoms with Crippen molar-refractivity contribution in [2.75, 3.05) is 18.0 Å². The number of sulfonamides is 1. The highest BCUT2D eigenvalue weighted by Crippen LogP contribution is 2.25. The summed E-state index contributed by atoms with van der Waals surface area (Å²) in [5, 5.41) is 3.94. The number of anilines is 1. The van der Waals surface area contributed by atoms with Crippen molar-refractivity contribution in [3.8, 4) is 5.75 Å². The molecule has 32 heavy (non-hydrogen) atoms. The molecular formula is C23H22BrN3O4S. The van der Waals surface area contributed by atoms with Crippen LogP contribution in [0.5, 0.6) is 5.75 Å². The lowest BCUT2D eigenvalue weighted by Gasteiger charge is -2.23. The Kier molecular flexibility index (Phi) is 7.66. The van der Waals surface area contributed by atoms with Gasteiger partial charge in [0.25, 0.3) is 15.9 Å². The molecule has 0 spiro atoms. The van der Waals surface area contributed by atoms with E-state index in [1.807, 2.05) is 6.92 Å². The van der Waals surface area contributed by atoms with E-state index in [1.54, 1.807) is 67.8 Å². The van der Waals surface area contributed by atoms with E-state index in [4.69, 9.17) is 4.74 Å². The van der Waals surface area contributed by atoms with Crippen molar-refractivity contribution in [2.24, 2.45) is 5.10 Å². The van der Waals surface area contributed by atoms with Crippen LogP contribution in [0.3, 0.4) is 0 Å². The summed E-state index contributed by atoms with van der Waals surface area (Å²) in [7, 11) is -2.42. The van der Waals surface area contributed by atoms with Crippen LogP contribution in [0.4, 0.5) is 5.69 Å². The molecule has 1 amide bonds. The minimum absolute atomic E-state index is 0.0960. The molecule has 0 bridgehead atoms. The van der Waals surface area contributed by atoms with E-state index in [0.717, 1.165) is 19.9 Å². The molecule has 7 nitrogen and oxygen atoms in total. The Morgan fingerprint density at radius 1 is 1.09 bits per heavy atom. The Morgan fingerprint density at radius 3 is 2.44 bits per heavy atom. The van der Waals surface area contributed by atoms with Gasteiger partial charge < -0.3 is 4.74 Å². The van der Waals surface area contributed by atoms with Crippen LogP contribution in [0, 0.1) is 6.92 Å². The molecule has 0 saturated heterocycles. The number of carbonyl (C=O) groups is 1. The van der Waals surface area contributed by atoms with E-state index in [-0.39, 0.29) is 4.90 Å². The second-order valence-corrected chi connectivity index (χ2v) is 9.65. The first-order chi connectivity index (χ1) is 15.3. The van der Waals surface area contributed by atoms with Gasteiger partial charge in [0.1, 0.15) is 12.3 Å². The van der Waals surface area contributed by atoms with Gasteiger partial charge in [-0.1, -0.05) is 45.8 Å². The second-order valence-electron chi connectivity index (χ2n) is 6.87. The van der Waals surface area contributed by atoms with Gasteiger partial charge in [0.05, 0.1) is 23.9 Å². The van der Waals surface area contributed by atoms with Crippen molar-refractivity contribution < 1.29 is 17.9 Å². The van der Waals surface area contributed by atoms with Crippen molar-refractivity contribution >= 4 is 43.8 Å². The highest BCUT2D eigenvalue weighted by atomic mass is 79.9. The van der Waals surface area contributed by atoms with E-state index in [9.17, 15) is 13.2 Å². The van der Waals surface area contributed by atoms with Crippen LogP contribution in [-0.2, 0) is 14.8 Å². The molecular weight excluding hydrogens is 494 g/mol. The number of nitrogens with one attached hydrogen (secondary N) is 1. The third-order valence-electron chi connectivity index (χ3n) is 4.51. The summed E-state index contributed by atoms with van der Waals surface area (Å²) in [6.45, 7) is 1.43. The fourth-order valence-corrected chi connectivity index (χ4v) is 4.51. The summed E-state index contributed by atoms with van der Waals surface area (Å²) in [5.41, 5.74) is 4.41. The van der Waals surface area contributed by atoms with Crippen molar-refractivity contribution in [1.82, 2.24) is 5.43 Å². The molecule has 3 rings (SSSR count). The van der Waals surface area contributed by atoms with Crippen molar-refractivity contribution in [3.63, 3.8) is 0 Å². The molecule has 0 aliphatic rings. The molecule has 0 heterocycles. The Bertz CT molecular complexity index is 1210. The molecule has 0 radical (unpaired) electrons. The topological polar surface area (TPSA) is 88.1 Å². The lowest BCUT2D eigenvalue weighted by molar-refractivity contribution is -0.119. The number of amides is 1. The number of benzene rings is 3. The number of hydrogen-bond donors (Lipinski definition) is 1. The predicted octanol–water partition coefficient (Wildman–Crippen LogP) is 4.11. The smallest absolute Gasteiger partial charge is 0.264 e. The van der Waals surface area contributed by atoms with Crippen LogP contribution in [0.25, 0.3) is 0 Å². The SMILES string of the molecule is COc1cccc(/C=N\NC(=O)CN(c2ccc(Br)cc2)S(=O)(=O)c2ccc(C)cc2)c1. The number of methoxy groups -OCH3 is 1. The number of hydrogen-bond acceptors (Lipinski definition) is 5. The van der Waals surface area contributed by atoms with E-state index in [2.05, 4.69) is 26.5 Å². The number of hydrazone groups is 1. The van der Waals surface area contributed by atoms with Gasteiger partial charge in [0, 0.05) is 4.47 Å². The average molecular weight is 516 g/mol. The summed E-state index contributed by atoms with van der Waals surface area (Å²) >= 11 is 3.34. The van der Waals surface area contributed by atoms with Crippen LogP contribution in [-0.4, -0.2) is 34.2 Å². The third kappa shape index (κ3) is 5.95. The molecule has 3 aromatic rings. The van der Waals surface area contributed by atoms with E-state index >= 15 is 0 Å². The zero-order valence-corrected chi connectivity index (χ0v) is 19.9. The molecule has 9 heteroatoms. The molecule has 0 unspecified atom stereocenters. The number of carbonyl (C=O) groups excluding carboxylic acids is 1. The number of aryl methyl sites for hydroxylation is 1. The lowest BCUT2D eigenvalue weighted by Crippen LogP contribution is -2.39. The Morgan fingerprint density at radius 2 is 1.78 bits per heavy atom. The van der Waals surface area contributed by atoms with E-state index in [1.165, 1.54) is 18.3 Å². The first-order valence-corrected chi connectivity index (χ1v) is 11.8. The zero-order valence-electron chi connectivity index (χ0n) is 17.5. The van der Waals surface area contributed by atoms with Gasteiger partial charge in [0.2, 0.25) is 0 Å². The van der Waals surface area contributed by atoms with Crippen LogP contribution in [0.2, 0.25) is 0 Å². The maximum absolute atomic E-state index is 13.3. The molecule has 0 aromatic heterocycles. The fraction of sp³-hybridized carbons (Fsp3) is 0.130. The Balaban J connectivity index is 1.82. The summed E-state index contributed by atoms with van der Waals surface area (Å²) in [4.78, 5) is 12.7. The number of nitrogens with zero attached hydrogens (tertiary/aromatic N) is 2. The Hall–Kier alpha value is -3.17. The maximum atomic E-state index is 13.3. The third-order valence-corrected chi connectivity index (χ3v) is 6.82. The highest BCUT2D eigenvalue weighted by Gasteiger charge is 2.27. The standard InChI is InChI=1S/C23H22BrN3O4S/c1-17-6-12-22(13-7-17)32(29,30)27(20-10-8-19(24)9-11-20)16-23(28)26-25-15-18-4-3-5-21(14-18)31-2/h3-15H,16H2,1-2H3,(H,26,28)/b25-15-. The second kappa shape index (κ2) is 10.4. The zero-order chi connectivity index (χ0) is 23.1. The van der Waals surface area contributed by atoms with Gasteiger partial charge in [-0.25, -0.2) is 13.8 Å². The lowest BCUT2D eigenvalue weighted by atomic mass is 10.2. The molecule has 1 N–H and O–H groups in total. The molecule has 0 fully saturated rings. The highest BCUT2D eigenvalue weighted by molar-refractivity contribution is 9.10. The molecule has 166 valence electrons. The monoisotopic (exact) mass is 515 g/mol. The predicted molar refractivity (Wildman–Crippen MR) is 129 cm³/mol. The van der Waals surface area contributed by atoms with Crippen LogP contribution < -0.4 is 14.5 Å². The van der Waals surface area contributed by atoms with Crippen molar-refractivity contribution in [2.45, 2.75) is 11.8 Å². The summed E-state index contributed by atoms with van der Waals surface area (Å²) in [6, 6.07) is 20.3. The van der Waals surface area contributed by atoms with Gasteiger partial charge in [-0.3, -0.25) is 9.10 Å². The molecule has 0 aliphatic heterocycles. The summed E-state index contributed by atoms with van der Waals surface area (Å²) in [6.07, 6.45) is 1.46. The fourth-order valence-electron chi connectivity index (χ4n) is 2.83. The van der Waals surface area contributed by atoms with Gasteiger partial charge in [-0.15, -0.1) is 0 Å². The van der Waals surface area contributed by atoms with Crippen molar-refractivity contribution in [3.05, 3.63) is 88.4 Å². The normalized spacial score (nSPS) is 11.3. The van der Waals surface area contributed by atoms with Gasteiger partial charge in [0.15, 0.2) is 0 Å². The number of ether oxygens (including phenoxy) is 1. The molecule has 0 aliphatic carbocycles.